The zero-order valence-electron chi connectivity index (χ0n) is 21.1. The Bertz CT molecular complexity index is 1630. The van der Waals surface area contributed by atoms with Crippen LogP contribution in [0.2, 0.25) is 10.0 Å². The lowest BCUT2D eigenvalue weighted by Crippen LogP contribution is -2.40. The van der Waals surface area contributed by atoms with Gasteiger partial charge in [0.05, 0.1) is 22.0 Å². The normalized spacial score (nSPS) is 17.8. The number of anilines is 2. The molecule has 1 fully saturated rings. The molecule has 208 valence electrons. The Labute approximate surface area is 240 Å². The topological polar surface area (TPSA) is 154 Å². The van der Waals surface area contributed by atoms with Gasteiger partial charge in [0, 0.05) is 35.4 Å². The van der Waals surface area contributed by atoms with Crippen molar-refractivity contribution < 1.29 is 22.6 Å². The second kappa shape index (κ2) is 11.1. The van der Waals surface area contributed by atoms with E-state index < -0.39 is 27.1 Å². The Morgan fingerprint density at radius 3 is 2.52 bits per heavy atom. The minimum absolute atomic E-state index is 0.0259. The van der Waals surface area contributed by atoms with E-state index in [0.29, 0.717) is 10.9 Å². The van der Waals surface area contributed by atoms with Crippen LogP contribution >= 0.6 is 23.2 Å². The Balaban J connectivity index is 1.48. The van der Waals surface area contributed by atoms with Crippen molar-refractivity contribution in [3.63, 3.8) is 0 Å². The van der Waals surface area contributed by atoms with Crippen molar-refractivity contribution in [1.29, 1.82) is 0 Å². The summed E-state index contributed by atoms with van der Waals surface area (Å²) < 4.78 is 33.7. The first-order chi connectivity index (χ1) is 19.0. The summed E-state index contributed by atoms with van der Waals surface area (Å²) in [4.78, 5) is 34.9. The van der Waals surface area contributed by atoms with Crippen molar-refractivity contribution in [2.24, 2.45) is 11.0 Å². The average molecular weight is 603 g/mol. The van der Waals surface area contributed by atoms with Gasteiger partial charge in [0.2, 0.25) is 5.91 Å². The Kier molecular flexibility index (Phi) is 7.78. The summed E-state index contributed by atoms with van der Waals surface area (Å²) in [5.74, 6) is -0.362. The quantitative estimate of drug-likeness (QED) is 0.324. The number of amides is 2. The van der Waals surface area contributed by atoms with Crippen molar-refractivity contribution in [1.82, 2.24) is 15.3 Å². The highest BCUT2D eigenvalue weighted by Crippen LogP contribution is 2.34. The molecule has 1 aliphatic carbocycles. The van der Waals surface area contributed by atoms with Crippen molar-refractivity contribution in [2.75, 3.05) is 10.3 Å². The third kappa shape index (κ3) is 5.94. The van der Waals surface area contributed by atoms with Gasteiger partial charge in [-0.1, -0.05) is 23.2 Å². The van der Waals surface area contributed by atoms with Gasteiger partial charge in [0.1, 0.15) is 6.04 Å². The predicted octanol–water partition coefficient (Wildman–Crippen LogP) is 4.18. The Hall–Kier alpha value is -3.58. The number of hydrogen-bond donors (Lipinski definition) is 3. The first-order valence-corrected chi connectivity index (χ1v) is 14.5. The Morgan fingerprint density at radius 2 is 1.82 bits per heavy atom. The highest BCUT2D eigenvalue weighted by Gasteiger charge is 2.38. The fraction of sp³-hybridized carbons (Fsp3) is 0.269. The molecule has 11 nitrogen and oxygen atoms in total. The van der Waals surface area contributed by atoms with E-state index in [1.807, 2.05) is 6.92 Å². The molecule has 1 aliphatic heterocycles. The molecular weight excluding hydrogens is 579 g/mol. The smallest absolute Gasteiger partial charge is 0.312 e. The molecule has 3 N–H and O–H groups in total. The molecule has 14 heteroatoms. The zero-order chi connectivity index (χ0) is 28.6. The summed E-state index contributed by atoms with van der Waals surface area (Å²) in [7, 11) is -4.69. The Morgan fingerprint density at radius 1 is 1.10 bits per heavy atom. The van der Waals surface area contributed by atoms with Gasteiger partial charge in [-0.25, -0.2) is 15.0 Å². The van der Waals surface area contributed by atoms with Gasteiger partial charge < -0.3 is 10.6 Å². The predicted molar refractivity (Wildman–Crippen MR) is 150 cm³/mol. The molecule has 0 radical (unpaired) electrons. The van der Waals surface area contributed by atoms with E-state index in [1.54, 1.807) is 18.2 Å². The van der Waals surface area contributed by atoms with Gasteiger partial charge in [-0.3, -0.25) is 14.1 Å². The summed E-state index contributed by atoms with van der Waals surface area (Å²) in [6.45, 7) is 1.93. The summed E-state index contributed by atoms with van der Waals surface area (Å²) in [5.41, 5.74) is 0.610. The SMILES string of the molecule is CC(NC(=O)c1cc(Cl)ccc1NC(=O)C1CC(c2cccnc2S(=O)(=O)O)=NN1c1ncccc1Cl)C1CC1. The number of nitrogens with zero attached hydrogens (tertiary/aromatic N) is 4. The summed E-state index contributed by atoms with van der Waals surface area (Å²) in [6, 6.07) is 9.58. The van der Waals surface area contributed by atoms with Crippen LogP contribution in [0.25, 0.3) is 0 Å². The van der Waals surface area contributed by atoms with E-state index >= 15 is 0 Å². The van der Waals surface area contributed by atoms with Crippen LogP contribution < -0.4 is 15.6 Å². The number of hydrazone groups is 1. The second-order valence-corrected chi connectivity index (χ2v) is 11.7. The van der Waals surface area contributed by atoms with Gasteiger partial charge in [0.15, 0.2) is 10.8 Å². The van der Waals surface area contributed by atoms with Gasteiger partial charge in [0.25, 0.3) is 5.91 Å². The second-order valence-electron chi connectivity index (χ2n) is 9.53. The third-order valence-corrected chi connectivity index (χ3v) is 8.01. The maximum Gasteiger partial charge on any atom is 0.312 e. The maximum atomic E-state index is 13.7. The fourth-order valence-electron chi connectivity index (χ4n) is 4.46. The summed E-state index contributed by atoms with van der Waals surface area (Å²) in [5, 5.41) is 11.4. The monoisotopic (exact) mass is 602 g/mol. The molecule has 3 heterocycles. The number of rotatable bonds is 8. The molecule has 5 rings (SSSR count). The fourth-order valence-corrected chi connectivity index (χ4v) is 5.50. The number of hydrogen-bond acceptors (Lipinski definition) is 8. The lowest BCUT2D eigenvalue weighted by molar-refractivity contribution is -0.117. The van der Waals surface area contributed by atoms with Gasteiger partial charge >= 0.3 is 10.1 Å². The van der Waals surface area contributed by atoms with Crippen LogP contribution in [0.4, 0.5) is 11.5 Å². The highest BCUT2D eigenvalue weighted by molar-refractivity contribution is 7.85. The van der Waals surface area contributed by atoms with Crippen LogP contribution in [-0.4, -0.2) is 52.5 Å². The van der Waals surface area contributed by atoms with Crippen molar-refractivity contribution in [3.8, 4) is 0 Å². The number of carbonyl (C=O) groups excluding carboxylic acids is 2. The van der Waals surface area contributed by atoms with Crippen LogP contribution in [0.3, 0.4) is 0 Å². The average Bonchev–Trinajstić information content (AvgIpc) is 3.68. The summed E-state index contributed by atoms with van der Waals surface area (Å²) >= 11 is 12.6. The number of benzene rings is 1. The third-order valence-electron chi connectivity index (χ3n) is 6.67. The molecule has 3 aromatic rings. The molecule has 0 bridgehead atoms. The summed E-state index contributed by atoms with van der Waals surface area (Å²) in [6.07, 6.45) is 4.71. The maximum absolute atomic E-state index is 13.7. The van der Waals surface area contributed by atoms with Gasteiger partial charge in [-0.2, -0.15) is 13.5 Å². The van der Waals surface area contributed by atoms with Crippen LogP contribution in [0, 0.1) is 5.92 Å². The lowest BCUT2D eigenvalue weighted by atomic mass is 10.0. The zero-order valence-corrected chi connectivity index (χ0v) is 23.4. The molecule has 1 aromatic carbocycles. The van der Waals surface area contributed by atoms with Crippen LogP contribution in [0.1, 0.15) is 42.1 Å². The van der Waals surface area contributed by atoms with Gasteiger partial charge in [-0.15, -0.1) is 0 Å². The molecule has 2 aliphatic rings. The minimum atomic E-state index is -4.69. The highest BCUT2D eigenvalue weighted by atomic mass is 35.5. The molecular formula is C26H24Cl2N6O5S. The first kappa shape index (κ1) is 28.0. The van der Waals surface area contributed by atoms with Crippen LogP contribution in [0.15, 0.2) is 65.0 Å². The minimum Gasteiger partial charge on any atom is -0.349 e. The number of halogens is 2. The molecule has 0 saturated heterocycles. The lowest BCUT2D eigenvalue weighted by Gasteiger charge is -2.23. The molecule has 1 saturated carbocycles. The number of nitrogens with one attached hydrogen (secondary N) is 2. The first-order valence-electron chi connectivity index (χ1n) is 12.3. The standard InChI is InChI=1S/C26H24Cl2N6O5S/c1-14(15-6-7-15)31-24(35)18-12-16(27)8-9-20(18)32-25(36)22-13-21(17-4-2-11-30-26(17)40(37,38)39)33-34(22)23-19(28)5-3-10-29-23/h2-5,8-12,14-15,22H,6-7,13H2,1H3,(H,31,35)(H,32,36)(H,37,38,39). The molecule has 0 spiro atoms. The van der Waals surface area contributed by atoms with E-state index in [0.717, 1.165) is 12.8 Å². The van der Waals surface area contributed by atoms with E-state index in [-0.39, 0.29) is 51.7 Å². The number of pyridine rings is 2. The van der Waals surface area contributed by atoms with Gasteiger partial charge in [-0.05, 0) is 68.1 Å². The van der Waals surface area contributed by atoms with E-state index in [1.165, 1.54) is 41.7 Å². The molecule has 2 aromatic heterocycles. The molecule has 2 unspecified atom stereocenters. The van der Waals surface area contributed by atoms with E-state index in [9.17, 15) is 22.6 Å². The molecule has 40 heavy (non-hydrogen) atoms. The number of aromatic nitrogens is 2. The largest absolute Gasteiger partial charge is 0.349 e. The number of carbonyl (C=O) groups is 2. The van der Waals surface area contributed by atoms with Crippen molar-refractivity contribution in [2.45, 2.75) is 43.3 Å². The van der Waals surface area contributed by atoms with Crippen molar-refractivity contribution in [3.05, 3.63) is 76.0 Å². The molecule has 2 atom stereocenters. The molecule has 2 amide bonds. The van der Waals surface area contributed by atoms with Crippen LogP contribution in [0.5, 0.6) is 0 Å². The van der Waals surface area contributed by atoms with Crippen LogP contribution in [-0.2, 0) is 14.9 Å². The van der Waals surface area contributed by atoms with E-state index in [2.05, 4.69) is 25.7 Å². The van der Waals surface area contributed by atoms with Crippen molar-refractivity contribution >= 4 is 62.4 Å². The van der Waals surface area contributed by atoms with E-state index in [4.69, 9.17) is 23.2 Å².